The van der Waals surface area contributed by atoms with Crippen LogP contribution in [0.3, 0.4) is 0 Å². The van der Waals surface area contributed by atoms with Crippen molar-refractivity contribution in [2.75, 3.05) is 36.0 Å². The number of anilines is 2. The van der Waals surface area contributed by atoms with Crippen molar-refractivity contribution in [3.8, 4) is 11.4 Å². The maximum absolute atomic E-state index is 13.9. The average Bonchev–Trinajstić information content (AvgIpc) is 3.63. The van der Waals surface area contributed by atoms with Crippen LogP contribution < -0.4 is 9.80 Å². The summed E-state index contributed by atoms with van der Waals surface area (Å²) in [4.78, 5) is 26.4. The molecule has 1 unspecified atom stereocenters. The first-order valence-corrected chi connectivity index (χ1v) is 13.8. The third-order valence-electron chi connectivity index (χ3n) is 7.98. The van der Waals surface area contributed by atoms with Crippen LogP contribution in [0.25, 0.3) is 17.0 Å². The predicted molar refractivity (Wildman–Crippen MR) is 148 cm³/mol. The summed E-state index contributed by atoms with van der Waals surface area (Å²) in [6, 6.07) is 16.9. The summed E-state index contributed by atoms with van der Waals surface area (Å²) in [7, 11) is 0. The highest BCUT2D eigenvalue weighted by Crippen LogP contribution is 2.36. The number of fused-ring (bicyclic) bond motifs is 1. The SMILES string of the molecule is O=C(CCCO)C1CCN(c2cccc(-c3cnc4ccc(N5CCCC5c5cccc(F)c5)nn34)n2)CC1. The van der Waals surface area contributed by atoms with E-state index in [-0.39, 0.29) is 30.2 Å². The van der Waals surface area contributed by atoms with Gasteiger partial charge in [0, 0.05) is 38.6 Å². The first-order chi connectivity index (χ1) is 19.1. The minimum Gasteiger partial charge on any atom is -0.396 e. The number of pyridine rings is 1. The van der Waals surface area contributed by atoms with E-state index in [9.17, 15) is 9.18 Å². The third kappa shape index (κ3) is 5.23. The largest absolute Gasteiger partial charge is 0.396 e. The molecule has 0 aliphatic carbocycles. The standard InChI is InChI=1S/C30H33FN6O2/c31-23-6-1-5-22(19-23)25-8-3-15-36(25)30-12-11-28-32-20-26(37(28)34-30)24-7-2-10-29(33-24)35-16-13-21(14-17-35)27(39)9-4-18-38/h1-2,5-7,10-12,19-21,25,38H,3-4,8-9,13-18H2. The third-order valence-corrected chi connectivity index (χ3v) is 7.98. The number of rotatable bonds is 8. The maximum Gasteiger partial charge on any atom is 0.154 e. The summed E-state index contributed by atoms with van der Waals surface area (Å²) < 4.78 is 15.8. The molecule has 1 aromatic carbocycles. The molecule has 6 rings (SSSR count). The van der Waals surface area contributed by atoms with Crippen molar-refractivity contribution in [3.05, 3.63) is 72.2 Å². The molecule has 1 N–H and O–H groups in total. The highest BCUT2D eigenvalue weighted by atomic mass is 19.1. The van der Waals surface area contributed by atoms with Crippen LogP contribution in [0.2, 0.25) is 0 Å². The number of hydrogen-bond donors (Lipinski definition) is 1. The minimum absolute atomic E-state index is 0.0621. The van der Waals surface area contributed by atoms with E-state index in [0.717, 1.165) is 79.6 Å². The zero-order valence-corrected chi connectivity index (χ0v) is 21.9. The van der Waals surface area contributed by atoms with Crippen molar-refractivity contribution in [2.24, 2.45) is 5.92 Å². The fourth-order valence-corrected chi connectivity index (χ4v) is 5.92. The monoisotopic (exact) mass is 528 g/mol. The van der Waals surface area contributed by atoms with Crippen LogP contribution in [-0.2, 0) is 4.79 Å². The molecule has 39 heavy (non-hydrogen) atoms. The summed E-state index contributed by atoms with van der Waals surface area (Å²) in [6.45, 7) is 2.47. The van der Waals surface area contributed by atoms with Gasteiger partial charge in [0.1, 0.15) is 28.9 Å². The van der Waals surface area contributed by atoms with Crippen LogP contribution >= 0.6 is 0 Å². The number of halogens is 1. The van der Waals surface area contributed by atoms with Gasteiger partial charge in [-0.1, -0.05) is 18.2 Å². The summed E-state index contributed by atoms with van der Waals surface area (Å²) in [5, 5.41) is 14.0. The minimum atomic E-state index is -0.219. The number of imidazole rings is 1. The molecular weight excluding hydrogens is 495 g/mol. The molecule has 8 nitrogen and oxygen atoms in total. The lowest BCUT2D eigenvalue weighted by Crippen LogP contribution is -2.36. The summed E-state index contributed by atoms with van der Waals surface area (Å²) in [6.07, 6.45) is 6.38. The second-order valence-corrected chi connectivity index (χ2v) is 10.4. The molecule has 202 valence electrons. The maximum atomic E-state index is 13.9. The quantitative estimate of drug-likeness (QED) is 0.351. The second-order valence-electron chi connectivity index (χ2n) is 10.4. The molecule has 2 aliphatic rings. The zero-order valence-electron chi connectivity index (χ0n) is 21.9. The molecule has 0 radical (unpaired) electrons. The number of carbonyl (C=O) groups is 1. The number of carbonyl (C=O) groups excluding carboxylic acids is 1. The smallest absolute Gasteiger partial charge is 0.154 e. The Morgan fingerprint density at radius 2 is 1.85 bits per heavy atom. The Balaban J connectivity index is 1.23. The van der Waals surface area contributed by atoms with Crippen molar-refractivity contribution in [3.63, 3.8) is 0 Å². The Labute approximate surface area is 227 Å². The second kappa shape index (κ2) is 11.1. The molecule has 2 aliphatic heterocycles. The van der Waals surface area contributed by atoms with Crippen molar-refractivity contribution >= 4 is 23.1 Å². The molecule has 5 heterocycles. The Morgan fingerprint density at radius 1 is 1.00 bits per heavy atom. The lowest BCUT2D eigenvalue weighted by Gasteiger charge is -2.32. The van der Waals surface area contributed by atoms with Crippen LogP contribution in [0.5, 0.6) is 0 Å². The van der Waals surface area contributed by atoms with Crippen molar-refractivity contribution in [2.45, 2.75) is 44.6 Å². The first-order valence-electron chi connectivity index (χ1n) is 13.8. The van der Waals surface area contributed by atoms with Crippen LogP contribution in [-0.4, -0.2) is 56.7 Å². The van der Waals surface area contributed by atoms with E-state index in [4.69, 9.17) is 15.2 Å². The van der Waals surface area contributed by atoms with Gasteiger partial charge in [0.2, 0.25) is 0 Å². The van der Waals surface area contributed by atoms with Crippen LogP contribution in [0, 0.1) is 11.7 Å². The van der Waals surface area contributed by atoms with Gasteiger partial charge in [-0.2, -0.15) is 0 Å². The van der Waals surface area contributed by atoms with Crippen LogP contribution in [0.4, 0.5) is 16.0 Å². The van der Waals surface area contributed by atoms with Gasteiger partial charge in [0.25, 0.3) is 0 Å². The van der Waals surface area contributed by atoms with Crippen molar-refractivity contribution in [1.82, 2.24) is 19.6 Å². The van der Waals surface area contributed by atoms with Gasteiger partial charge in [0.15, 0.2) is 5.65 Å². The fraction of sp³-hybridized carbons (Fsp3) is 0.400. The van der Waals surface area contributed by atoms with Crippen molar-refractivity contribution < 1.29 is 14.3 Å². The van der Waals surface area contributed by atoms with Gasteiger partial charge < -0.3 is 14.9 Å². The van der Waals surface area contributed by atoms with Crippen LogP contribution in [0.1, 0.15) is 50.1 Å². The molecule has 3 aromatic heterocycles. The topological polar surface area (TPSA) is 86.9 Å². The number of benzene rings is 1. The number of aromatic nitrogens is 4. The van der Waals surface area contributed by atoms with Gasteiger partial charge in [-0.05, 0) is 74.1 Å². The van der Waals surface area contributed by atoms with E-state index in [1.165, 1.54) is 6.07 Å². The van der Waals surface area contributed by atoms with Crippen molar-refractivity contribution in [1.29, 1.82) is 0 Å². The Kier molecular flexibility index (Phi) is 7.24. The van der Waals surface area contributed by atoms with Gasteiger partial charge in [-0.15, -0.1) is 5.10 Å². The number of piperidine rings is 1. The summed E-state index contributed by atoms with van der Waals surface area (Å²) >= 11 is 0. The summed E-state index contributed by atoms with van der Waals surface area (Å²) in [5.41, 5.74) is 3.30. The number of aliphatic hydroxyl groups is 1. The molecule has 0 spiro atoms. The number of Topliss-reactive ketones (excluding diaryl/α,β-unsaturated/α-hetero) is 1. The van der Waals surface area contributed by atoms with E-state index >= 15 is 0 Å². The van der Waals surface area contributed by atoms with E-state index in [1.807, 2.05) is 40.9 Å². The molecule has 0 bridgehead atoms. The van der Waals surface area contributed by atoms with Gasteiger partial charge >= 0.3 is 0 Å². The average molecular weight is 529 g/mol. The van der Waals surface area contributed by atoms with Crippen LogP contribution in [0.15, 0.2) is 60.8 Å². The van der Waals surface area contributed by atoms with E-state index in [0.29, 0.717) is 12.8 Å². The van der Waals surface area contributed by atoms with Gasteiger partial charge in [-0.25, -0.2) is 18.9 Å². The number of aliphatic hydroxyl groups excluding tert-OH is 1. The Hall–Kier alpha value is -3.85. The zero-order chi connectivity index (χ0) is 26.8. The molecule has 4 aromatic rings. The number of nitrogens with zero attached hydrogens (tertiary/aromatic N) is 6. The molecule has 0 amide bonds. The highest BCUT2D eigenvalue weighted by Gasteiger charge is 2.28. The van der Waals surface area contributed by atoms with Gasteiger partial charge in [-0.3, -0.25) is 4.79 Å². The molecule has 1 atom stereocenters. The van der Waals surface area contributed by atoms with E-state index < -0.39 is 0 Å². The van der Waals surface area contributed by atoms with E-state index in [2.05, 4.69) is 14.8 Å². The predicted octanol–water partition coefficient (Wildman–Crippen LogP) is 4.83. The molecule has 0 saturated carbocycles. The molecular formula is C30H33FN6O2. The Bertz CT molecular complexity index is 1460. The first kappa shape index (κ1) is 25.4. The normalized spacial score (nSPS) is 18.3. The Morgan fingerprint density at radius 3 is 2.67 bits per heavy atom. The molecule has 2 saturated heterocycles. The lowest BCUT2D eigenvalue weighted by atomic mass is 9.90. The lowest BCUT2D eigenvalue weighted by molar-refractivity contribution is -0.123. The molecule has 9 heteroatoms. The molecule has 2 fully saturated rings. The fourth-order valence-electron chi connectivity index (χ4n) is 5.92. The van der Waals surface area contributed by atoms with E-state index in [1.54, 1.807) is 18.3 Å². The number of hydrogen-bond acceptors (Lipinski definition) is 7. The highest BCUT2D eigenvalue weighted by molar-refractivity contribution is 5.81. The summed E-state index contributed by atoms with van der Waals surface area (Å²) in [5.74, 6) is 1.82. The number of ketones is 1. The van der Waals surface area contributed by atoms with Gasteiger partial charge in [0.05, 0.1) is 17.9 Å².